The SMILES string of the molecule is CCCCOCCOC.O=C(O)/C=C\C(=O)O. The maximum Gasteiger partial charge on any atom is 0.328 e. The highest BCUT2D eigenvalue weighted by atomic mass is 16.5. The van der Waals surface area contributed by atoms with Crippen molar-refractivity contribution in [3.63, 3.8) is 0 Å². The van der Waals surface area contributed by atoms with Gasteiger partial charge in [-0.2, -0.15) is 0 Å². The van der Waals surface area contributed by atoms with E-state index in [0.29, 0.717) is 18.8 Å². The van der Waals surface area contributed by atoms with E-state index in [1.807, 2.05) is 0 Å². The highest BCUT2D eigenvalue weighted by Gasteiger charge is 1.88. The van der Waals surface area contributed by atoms with Gasteiger partial charge in [0.05, 0.1) is 13.2 Å². The van der Waals surface area contributed by atoms with Crippen LogP contribution in [0.25, 0.3) is 0 Å². The lowest BCUT2D eigenvalue weighted by Crippen LogP contribution is -2.02. The zero-order chi connectivity index (χ0) is 13.5. The molecule has 0 saturated carbocycles. The fraction of sp³-hybridized carbons (Fsp3) is 0.636. The van der Waals surface area contributed by atoms with Crippen LogP contribution < -0.4 is 0 Å². The number of aliphatic carboxylic acids is 2. The van der Waals surface area contributed by atoms with E-state index in [-0.39, 0.29) is 0 Å². The Morgan fingerprint density at radius 3 is 1.94 bits per heavy atom. The Bertz CT molecular complexity index is 202. The number of unbranched alkanes of at least 4 members (excludes halogenated alkanes) is 1. The minimum absolute atomic E-state index is 0.558. The Morgan fingerprint density at radius 2 is 1.59 bits per heavy atom. The molecule has 0 rings (SSSR count). The first kappa shape index (κ1) is 18.0. The number of carboxylic acids is 2. The molecule has 0 aromatic heterocycles. The molecule has 0 bridgehead atoms. The molecule has 0 unspecified atom stereocenters. The van der Waals surface area contributed by atoms with E-state index in [4.69, 9.17) is 19.7 Å². The van der Waals surface area contributed by atoms with Gasteiger partial charge in [-0.25, -0.2) is 9.59 Å². The molecular weight excluding hydrogens is 228 g/mol. The van der Waals surface area contributed by atoms with Crippen LogP contribution in [0.15, 0.2) is 12.2 Å². The Hall–Kier alpha value is -1.40. The van der Waals surface area contributed by atoms with Crippen molar-refractivity contribution < 1.29 is 29.3 Å². The van der Waals surface area contributed by atoms with Crippen LogP contribution in [0.5, 0.6) is 0 Å². The van der Waals surface area contributed by atoms with Crippen LogP contribution in [0.3, 0.4) is 0 Å². The van der Waals surface area contributed by atoms with E-state index in [9.17, 15) is 9.59 Å². The second kappa shape index (κ2) is 14.6. The first-order valence-electron chi connectivity index (χ1n) is 5.25. The van der Waals surface area contributed by atoms with Crippen LogP contribution >= 0.6 is 0 Å². The molecule has 2 N–H and O–H groups in total. The van der Waals surface area contributed by atoms with Crippen molar-refractivity contribution in [2.45, 2.75) is 19.8 Å². The molecule has 0 saturated heterocycles. The van der Waals surface area contributed by atoms with Gasteiger partial charge in [-0.05, 0) is 6.42 Å². The van der Waals surface area contributed by atoms with Crippen molar-refractivity contribution in [1.82, 2.24) is 0 Å². The molecule has 0 fully saturated rings. The summed E-state index contributed by atoms with van der Waals surface area (Å²) in [6.45, 7) is 4.47. The van der Waals surface area contributed by atoms with Gasteiger partial charge in [0.25, 0.3) is 0 Å². The van der Waals surface area contributed by atoms with Gasteiger partial charge in [0, 0.05) is 25.9 Å². The Kier molecular flexibility index (Phi) is 15.4. The number of ether oxygens (including phenoxy) is 2. The molecule has 0 amide bonds. The fourth-order valence-electron chi connectivity index (χ4n) is 0.633. The number of carboxylic acid groups (broad SMARTS) is 2. The van der Waals surface area contributed by atoms with Crippen molar-refractivity contribution in [2.24, 2.45) is 0 Å². The molecule has 100 valence electrons. The van der Waals surface area contributed by atoms with E-state index in [1.54, 1.807) is 7.11 Å². The topological polar surface area (TPSA) is 93.1 Å². The summed E-state index contributed by atoms with van der Waals surface area (Å²) in [5.41, 5.74) is 0. The van der Waals surface area contributed by atoms with E-state index in [2.05, 4.69) is 6.92 Å². The molecule has 0 spiro atoms. The standard InChI is InChI=1S/C7H16O2.C4H4O4/c1-3-4-5-9-7-6-8-2;5-3(6)1-2-4(7)8/h3-7H2,1-2H3;1-2H,(H,5,6)(H,7,8)/b;2-1-. The number of carbonyl (C=O) groups is 2. The number of methoxy groups -OCH3 is 1. The molecule has 0 aliphatic rings. The quantitative estimate of drug-likeness (QED) is 0.494. The number of rotatable bonds is 8. The highest BCUT2D eigenvalue weighted by molar-refractivity contribution is 5.89. The summed E-state index contributed by atoms with van der Waals surface area (Å²) in [6.07, 6.45) is 3.47. The second-order valence-electron chi connectivity index (χ2n) is 2.97. The average molecular weight is 248 g/mol. The predicted octanol–water partition coefficient (Wildman–Crippen LogP) is 1.16. The monoisotopic (exact) mass is 248 g/mol. The maximum absolute atomic E-state index is 9.55. The first-order valence-corrected chi connectivity index (χ1v) is 5.25. The molecule has 0 aliphatic carbocycles. The summed E-state index contributed by atoms with van der Waals surface area (Å²) >= 11 is 0. The van der Waals surface area contributed by atoms with Crippen LogP contribution in [0, 0.1) is 0 Å². The van der Waals surface area contributed by atoms with E-state index in [1.165, 1.54) is 6.42 Å². The third-order valence-electron chi connectivity index (χ3n) is 1.44. The van der Waals surface area contributed by atoms with E-state index in [0.717, 1.165) is 19.6 Å². The maximum atomic E-state index is 9.55. The van der Waals surface area contributed by atoms with Gasteiger partial charge in [0.2, 0.25) is 0 Å². The number of hydrogen-bond donors (Lipinski definition) is 2. The van der Waals surface area contributed by atoms with E-state index < -0.39 is 11.9 Å². The highest BCUT2D eigenvalue weighted by Crippen LogP contribution is 1.86. The van der Waals surface area contributed by atoms with Gasteiger partial charge < -0.3 is 19.7 Å². The minimum Gasteiger partial charge on any atom is -0.478 e. The molecule has 6 nitrogen and oxygen atoms in total. The summed E-state index contributed by atoms with van der Waals surface area (Å²) in [7, 11) is 1.68. The predicted molar refractivity (Wildman–Crippen MR) is 62.0 cm³/mol. The largest absolute Gasteiger partial charge is 0.478 e. The van der Waals surface area contributed by atoms with Crippen molar-refractivity contribution in [3.8, 4) is 0 Å². The smallest absolute Gasteiger partial charge is 0.328 e. The summed E-state index contributed by atoms with van der Waals surface area (Å²) in [4.78, 5) is 19.1. The van der Waals surface area contributed by atoms with E-state index >= 15 is 0 Å². The Morgan fingerprint density at radius 1 is 1.06 bits per heavy atom. The first-order chi connectivity index (χ1) is 8.04. The zero-order valence-corrected chi connectivity index (χ0v) is 10.2. The summed E-state index contributed by atoms with van der Waals surface area (Å²) in [6, 6.07) is 0. The second-order valence-corrected chi connectivity index (χ2v) is 2.97. The van der Waals surface area contributed by atoms with Crippen molar-refractivity contribution >= 4 is 11.9 Å². The van der Waals surface area contributed by atoms with Gasteiger partial charge in [-0.15, -0.1) is 0 Å². The molecule has 0 heterocycles. The van der Waals surface area contributed by atoms with Gasteiger partial charge in [0.15, 0.2) is 0 Å². The summed E-state index contributed by atoms with van der Waals surface area (Å²) in [5, 5.41) is 15.6. The lowest BCUT2D eigenvalue weighted by atomic mass is 10.4. The third-order valence-corrected chi connectivity index (χ3v) is 1.44. The number of hydrogen-bond acceptors (Lipinski definition) is 4. The summed E-state index contributed by atoms with van der Waals surface area (Å²) < 4.78 is 9.99. The Balaban J connectivity index is 0. The van der Waals surface area contributed by atoms with Crippen molar-refractivity contribution in [3.05, 3.63) is 12.2 Å². The normalized spacial score (nSPS) is 9.76. The van der Waals surface area contributed by atoms with Gasteiger partial charge in [-0.1, -0.05) is 13.3 Å². The van der Waals surface area contributed by atoms with Crippen molar-refractivity contribution in [1.29, 1.82) is 0 Å². The van der Waals surface area contributed by atoms with Crippen LogP contribution in [0.2, 0.25) is 0 Å². The van der Waals surface area contributed by atoms with Crippen LogP contribution in [0.4, 0.5) is 0 Å². The Labute approximate surface area is 101 Å². The molecule has 17 heavy (non-hydrogen) atoms. The molecule has 0 radical (unpaired) electrons. The van der Waals surface area contributed by atoms with Gasteiger partial charge >= 0.3 is 11.9 Å². The lowest BCUT2D eigenvalue weighted by Gasteiger charge is -2.00. The van der Waals surface area contributed by atoms with Crippen LogP contribution in [-0.4, -0.2) is 49.1 Å². The van der Waals surface area contributed by atoms with Crippen LogP contribution in [-0.2, 0) is 19.1 Å². The molecule has 0 aromatic rings. The molecular formula is C11H20O6. The molecule has 0 aliphatic heterocycles. The average Bonchev–Trinajstić information content (AvgIpc) is 2.27. The fourth-order valence-corrected chi connectivity index (χ4v) is 0.633. The lowest BCUT2D eigenvalue weighted by molar-refractivity contribution is -0.134. The molecule has 0 aromatic carbocycles. The zero-order valence-electron chi connectivity index (χ0n) is 10.2. The molecule has 6 heteroatoms. The third kappa shape index (κ3) is 25.2. The summed E-state index contributed by atoms with van der Waals surface area (Å²) in [5.74, 6) is -2.51. The van der Waals surface area contributed by atoms with Gasteiger partial charge in [-0.3, -0.25) is 0 Å². The molecule has 0 atom stereocenters. The van der Waals surface area contributed by atoms with Crippen molar-refractivity contribution in [2.75, 3.05) is 26.9 Å². The minimum atomic E-state index is -1.26. The van der Waals surface area contributed by atoms with Crippen LogP contribution in [0.1, 0.15) is 19.8 Å². The van der Waals surface area contributed by atoms with Gasteiger partial charge in [0.1, 0.15) is 0 Å².